The number of carbonyl (C=O) groups is 2. The lowest BCUT2D eigenvalue weighted by molar-refractivity contribution is -0.148. The van der Waals surface area contributed by atoms with E-state index in [4.69, 9.17) is 14.2 Å². The minimum Gasteiger partial charge on any atom is -0.466 e. The van der Waals surface area contributed by atoms with Gasteiger partial charge in [-0.2, -0.15) is 0 Å². The molecular weight excluding hydrogens is 428 g/mol. The number of thiophene rings is 1. The number of ether oxygens (including phenoxy) is 1. The van der Waals surface area contributed by atoms with E-state index in [0.29, 0.717) is 49.6 Å². The SMILES string of the molecule is CCOC(=O)C1CCN(c2nc(-c3cc(C)cs3)ccc2C(=O)NCc2ccon2)CC1. The van der Waals surface area contributed by atoms with Crippen molar-refractivity contribution in [1.29, 1.82) is 0 Å². The summed E-state index contributed by atoms with van der Waals surface area (Å²) in [6.45, 7) is 5.79. The third-order valence-corrected chi connectivity index (χ3v) is 6.51. The van der Waals surface area contributed by atoms with E-state index in [1.54, 1.807) is 17.4 Å². The van der Waals surface area contributed by atoms with Crippen molar-refractivity contribution in [1.82, 2.24) is 15.5 Å². The first-order chi connectivity index (χ1) is 15.5. The van der Waals surface area contributed by atoms with Gasteiger partial charge in [0.15, 0.2) is 0 Å². The number of anilines is 1. The zero-order valence-corrected chi connectivity index (χ0v) is 19.0. The zero-order chi connectivity index (χ0) is 22.5. The standard InChI is InChI=1S/C23H26N4O4S/c1-3-30-23(29)16-6-9-27(10-7-16)21-18(22(28)24-13-17-8-11-31-26-17)4-5-19(25-21)20-12-15(2)14-32-20/h4-5,8,11-12,14,16H,3,6-7,9-10,13H2,1-2H3,(H,24,28). The van der Waals surface area contributed by atoms with Gasteiger partial charge in [-0.3, -0.25) is 9.59 Å². The summed E-state index contributed by atoms with van der Waals surface area (Å²) in [5.41, 5.74) is 3.16. The molecule has 0 radical (unpaired) electrons. The van der Waals surface area contributed by atoms with Crippen LogP contribution >= 0.6 is 11.3 Å². The molecular formula is C23H26N4O4S. The van der Waals surface area contributed by atoms with Crippen molar-refractivity contribution in [2.24, 2.45) is 5.92 Å². The Morgan fingerprint density at radius 3 is 2.75 bits per heavy atom. The quantitative estimate of drug-likeness (QED) is 0.542. The maximum absolute atomic E-state index is 13.0. The number of rotatable bonds is 7. The smallest absolute Gasteiger partial charge is 0.309 e. The Kier molecular flexibility index (Phi) is 6.84. The molecule has 4 rings (SSSR count). The highest BCUT2D eigenvalue weighted by molar-refractivity contribution is 7.13. The zero-order valence-electron chi connectivity index (χ0n) is 18.2. The lowest BCUT2D eigenvalue weighted by atomic mass is 9.96. The predicted octanol–water partition coefficient (Wildman–Crippen LogP) is 3.82. The Morgan fingerprint density at radius 1 is 1.28 bits per heavy atom. The molecule has 8 nitrogen and oxygen atoms in total. The van der Waals surface area contributed by atoms with E-state index in [0.717, 1.165) is 10.6 Å². The van der Waals surface area contributed by atoms with Crippen LogP contribution in [0, 0.1) is 12.8 Å². The molecule has 0 bridgehead atoms. The Bertz CT molecular complexity index is 1070. The molecule has 0 spiro atoms. The number of carbonyl (C=O) groups excluding carboxylic acids is 2. The number of hydrogen-bond donors (Lipinski definition) is 1. The lowest BCUT2D eigenvalue weighted by Gasteiger charge is -2.33. The first-order valence-electron chi connectivity index (χ1n) is 10.7. The highest BCUT2D eigenvalue weighted by atomic mass is 32.1. The second kappa shape index (κ2) is 9.95. The summed E-state index contributed by atoms with van der Waals surface area (Å²) in [6, 6.07) is 7.50. The number of piperidine rings is 1. The second-order valence-electron chi connectivity index (χ2n) is 7.74. The fourth-order valence-electron chi connectivity index (χ4n) is 3.75. The number of aryl methyl sites for hydroxylation is 1. The van der Waals surface area contributed by atoms with Gasteiger partial charge in [0.05, 0.1) is 35.2 Å². The first-order valence-corrected chi connectivity index (χ1v) is 11.6. The minimum absolute atomic E-state index is 0.112. The van der Waals surface area contributed by atoms with Crippen LogP contribution in [0.15, 0.2) is 40.4 Å². The third-order valence-electron chi connectivity index (χ3n) is 5.44. The van der Waals surface area contributed by atoms with E-state index in [2.05, 4.69) is 26.8 Å². The van der Waals surface area contributed by atoms with E-state index in [1.165, 1.54) is 11.8 Å². The molecule has 4 heterocycles. The minimum atomic E-state index is -0.225. The molecule has 32 heavy (non-hydrogen) atoms. The van der Waals surface area contributed by atoms with Crippen molar-refractivity contribution in [2.45, 2.75) is 33.2 Å². The lowest BCUT2D eigenvalue weighted by Crippen LogP contribution is -2.39. The Balaban J connectivity index is 1.57. The summed E-state index contributed by atoms with van der Waals surface area (Å²) < 4.78 is 10.0. The van der Waals surface area contributed by atoms with Crippen molar-refractivity contribution in [3.8, 4) is 10.6 Å². The van der Waals surface area contributed by atoms with Gasteiger partial charge < -0.3 is 19.5 Å². The molecule has 0 saturated carbocycles. The van der Waals surface area contributed by atoms with E-state index in [9.17, 15) is 9.59 Å². The van der Waals surface area contributed by atoms with Crippen LogP contribution < -0.4 is 10.2 Å². The summed E-state index contributed by atoms with van der Waals surface area (Å²) in [5, 5.41) is 8.80. The van der Waals surface area contributed by atoms with Gasteiger partial charge in [0.25, 0.3) is 5.91 Å². The molecule has 0 aromatic carbocycles. The van der Waals surface area contributed by atoms with Crippen LogP contribution in [0.3, 0.4) is 0 Å². The van der Waals surface area contributed by atoms with Gasteiger partial charge in [-0.25, -0.2) is 4.98 Å². The van der Waals surface area contributed by atoms with E-state index < -0.39 is 0 Å². The van der Waals surface area contributed by atoms with Gasteiger partial charge in [0.1, 0.15) is 17.8 Å². The number of esters is 1. The van der Waals surface area contributed by atoms with Crippen LogP contribution in [-0.2, 0) is 16.1 Å². The number of amides is 1. The van der Waals surface area contributed by atoms with Gasteiger partial charge in [0, 0.05) is 19.2 Å². The number of aromatic nitrogens is 2. The van der Waals surface area contributed by atoms with Crippen molar-refractivity contribution in [2.75, 3.05) is 24.6 Å². The van der Waals surface area contributed by atoms with Gasteiger partial charge in [-0.1, -0.05) is 5.16 Å². The van der Waals surface area contributed by atoms with Gasteiger partial charge in [-0.15, -0.1) is 11.3 Å². The molecule has 3 aromatic heterocycles. The molecule has 168 valence electrons. The number of nitrogens with zero attached hydrogens (tertiary/aromatic N) is 3. The van der Waals surface area contributed by atoms with Gasteiger partial charge in [-0.05, 0) is 55.8 Å². The van der Waals surface area contributed by atoms with Gasteiger partial charge >= 0.3 is 5.97 Å². The van der Waals surface area contributed by atoms with Gasteiger partial charge in [0.2, 0.25) is 0 Å². The molecule has 1 aliphatic rings. The largest absolute Gasteiger partial charge is 0.466 e. The number of hydrogen-bond acceptors (Lipinski definition) is 8. The average Bonchev–Trinajstić information content (AvgIpc) is 3.49. The molecule has 1 fully saturated rings. The topological polar surface area (TPSA) is 97.6 Å². The summed E-state index contributed by atoms with van der Waals surface area (Å²) in [4.78, 5) is 33.1. The molecule has 1 amide bonds. The summed E-state index contributed by atoms with van der Waals surface area (Å²) in [7, 11) is 0. The highest BCUT2D eigenvalue weighted by Crippen LogP contribution is 2.31. The van der Waals surface area contributed by atoms with Crippen LogP contribution in [0.1, 0.15) is 41.4 Å². The molecule has 0 aliphatic carbocycles. The normalized spacial score (nSPS) is 14.4. The molecule has 9 heteroatoms. The molecule has 0 atom stereocenters. The van der Waals surface area contributed by atoms with Crippen molar-refractivity contribution < 1.29 is 18.8 Å². The number of nitrogens with one attached hydrogen (secondary N) is 1. The predicted molar refractivity (Wildman–Crippen MR) is 122 cm³/mol. The fraction of sp³-hybridized carbons (Fsp3) is 0.391. The molecule has 0 unspecified atom stereocenters. The van der Waals surface area contributed by atoms with E-state index in [-0.39, 0.29) is 24.3 Å². The number of pyridine rings is 1. The van der Waals surface area contributed by atoms with Crippen LogP contribution in [0.2, 0.25) is 0 Å². The Labute approximate surface area is 190 Å². The molecule has 3 aromatic rings. The monoisotopic (exact) mass is 454 g/mol. The van der Waals surface area contributed by atoms with Crippen molar-refractivity contribution in [3.63, 3.8) is 0 Å². The average molecular weight is 455 g/mol. The summed E-state index contributed by atoms with van der Waals surface area (Å²) in [6.07, 6.45) is 2.81. The maximum atomic E-state index is 13.0. The molecule has 1 saturated heterocycles. The van der Waals surface area contributed by atoms with Crippen LogP contribution in [-0.4, -0.2) is 41.7 Å². The fourth-order valence-corrected chi connectivity index (χ4v) is 4.62. The maximum Gasteiger partial charge on any atom is 0.309 e. The van der Waals surface area contributed by atoms with Crippen LogP contribution in [0.5, 0.6) is 0 Å². The molecule has 1 N–H and O–H groups in total. The third kappa shape index (κ3) is 4.99. The second-order valence-corrected chi connectivity index (χ2v) is 8.65. The van der Waals surface area contributed by atoms with Crippen molar-refractivity contribution >= 4 is 29.0 Å². The Morgan fingerprint density at radius 2 is 2.09 bits per heavy atom. The van der Waals surface area contributed by atoms with Crippen LogP contribution in [0.25, 0.3) is 10.6 Å². The van der Waals surface area contributed by atoms with E-state index >= 15 is 0 Å². The van der Waals surface area contributed by atoms with E-state index in [1.807, 2.05) is 26.0 Å². The summed E-state index contributed by atoms with van der Waals surface area (Å²) in [5.74, 6) is 0.151. The summed E-state index contributed by atoms with van der Waals surface area (Å²) >= 11 is 1.63. The first kappa shape index (κ1) is 22.0. The van der Waals surface area contributed by atoms with Crippen molar-refractivity contribution in [3.05, 3.63) is 52.7 Å². The van der Waals surface area contributed by atoms with Crippen LogP contribution in [0.4, 0.5) is 5.82 Å². The Hall–Kier alpha value is -3.20. The highest BCUT2D eigenvalue weighted by Gasteiger charge is 2.29. The molecule has 1 aliphatic heterocycles.